The molecular weight excluding hydrogens is 383 g/mol. The molecule has 0 amide bonds. The van der Waals surface area contributed by atoms with Crippen molar-refractivity contribution in [1.82, 2.24) is 19.4 Å². The van der Waals surface area contributed by atoms with Gasteiger partial charge in [-0.15, -0.1) is 0 Å². The van der Waals surface area contributed by atoms with Crippen LogP contribution in [0.3, 0.4) is 0 Å². The van der Waals surface area contributed by atoms with Crippen LogP contribution >= 0.6 is 0 Å². The van der Waals surface area contributed by atoms with Crippen molar-refractivity contribution in [1.29, 1.82) is 0 Å². The summed E-state index contributed by atoms with van der Waals surface area (Å²) in [5.74, 6) is 0. The maximum absolute atomic E-state index is 5.97. The minimum absolute atomic E-state index is 0.0450. The summed E-state index contributed by atoms with van der Waals surface area (Å²) >= 11 is -2.35. The zero-order chi connectivity index (χ0) is 15.3. The van der Waals surface area contributed by atoms with Crippen molar-refractivity contribution in [3.8, 4) is 0 Å². The van der Waals surface area contributed by atoms with Crippen LogP contribution in [0.5, 0.6) is 0 Å². The van der Waals surface area contributed by atoms with Crippen LogP contribution < -0.4 is 3.71 Å². The van der Waals surface area contributed by atoms with Crippen LogP contribution in [0.2, 0.25) is 14.8 Å². The van der Waals surface area contributed by atoms with Crippen molar-refractivity contribution in [2.45, 2.75) is 40.3 Å². The summed E-state index contributed by atoms with van der Waals surface area (Å²) < 4.78 is 11.3. The third-order valence-corrected chi connectivity index (χ3v) is 9.38. The Kier molecular flexibility index (Phi) is 3.45. The summed E-state index contributed by atoms with van der Waals surface area (Å²) in [6.07, 6.45) is 5.45. The molecule has 1 saturated heterocycles. The Morgan fingerprint density at radius 1 is 1.18 bits per heavy atom. The number of hydrogen-bond donors (Lipinski definition) is 0. The molecule has 0 N–H and O–H groups in total. The fourth-order valence-corrected chi connectivity index (χ4v) is 7.21. The molecule has 22 heavy (non-hydrogen) atoms. The molecule has 1 unspecified atom stereocenters. The van der Waals surface area contributed by atoms with Gasteiger partial charge in [0, 0.05) is 0 Å². The van der Waals surface area contributed by atoms with E-state index in [1.54, 1.807) is 0 Å². The summed E-state index contributed by atoms with van der Waals surface area (Å²) in [6, 6.07) is 6.24. The van der Waals surface area contributed by atoms with Gasteiger partial charge in [-0.25, -0.2) is 0 Å². The van der Waals surface area contributed by atoms with E-state index in [-0.39, 0.29) is 6.23 Å². The van der Waals surface area contributed by atoms with Gasteiger partial charge in [0.05, 0.1) is 0 Å². The van der Waals surface area contributed by atoms with Gasteiger partial charge in [0.2, 0.25) is 0 Å². The molecule has 3 aromatic rings. The number of rotatable bonds is 2. The third kappa shape index (κ3) is 2.25. The molecule has 0 saturated carbocycles. The van der Waals surface area contributed by atoms with E-state index in [9.17, 15) is 0 Å². The van der Waals surface area contributed by atoms with E-state index in [0.717, 1.165) is 25.1 Å². The van der Waals surface area contributed by atoms with Crippen LogP contribution in [0.25, 0.3) is 16.6 Å². The molecule has 1 aliphatic heterocycles. The van der Waals surface area contributed by atoms with E-state index >= 15 is 0 Å². The van der Waals surface area contributed by atoms with Crippen molar-refractivity contribution < 1.29 is 4.74 Å². The number of nitrogens with zero attached hydrogens (tertiary/aromatic N) is 4. The maximum atomic E-state index is 5.97. The first-order valence-corrected chi connectivity index (χ1v) is 18.0. The van der Waals surface area contributed by atoms with Crippen LogP contribution in [0, 0.1) is 0 Å². The Bertz CT molecular complexity index is 824. The average Bonchev–Trinajstić information content (AvgIpc) is 3.04. The topological polar surface area (TPSA) is 44.3 Å². The van der Waals surface area contributed by atoms with Crippen LogP contribution in [0.4, 0.5) is 0 Å². The molecule has 4 heterocycles. The molecule has 1 atom stereocenters. The van der Waals surface area contributed by atoms with E-state index in [2.05, 4.69) is 31.6 Å². The SMILES string of the molecule is [CH3][Sn]([CH3])([CH3])[c]1nn(C2CCCCO2)c2nn3ccccc3c12. The van der Waals surface area contributed by atoms with E-state index in [0.29, 0.717) is 0 Å². The second-order valence-corrected chi connectivity index (χ2v) is 21.3. The Morgan fingerprint density at radius 2 is 2.05 bits per heavy atom. The van der Waals surface area contributed by atoms with Crippen LogP contribution in [-0.4, -0.2) is 44.4 Å². The quantitative estimate of drug-likeness (QED) is 0.617. The summed E-state index contributed by atoms with van der Waals surface area (Å²) in [4.78, 5) is 7.24. The van der Waals surface area contributed by atoms with E-state index in [1.807, 2.05) is 16.8 Å². The fraction of sp³-hybridized carbons (Fsp3) is 0.500. The number of fused-ring (bicyclic) bond motifs is 3. The van der Waals surface area contributed by atoms with Crippen molar-refractivity contribution in [3.05, 3.63) is 24.4 Å². The van der Waals surface area contributed by atoms with Crippen molar-refractivity contribution in [2.75, 3.05) is 6.61 Å². The number of hydrogen-bond acceptors (Lipinski definition) is 3. The predicted molar refractivity (Wildman–Crippen MR) is 90.3 cm³/mol. The minimum atomic E-state index is -2.35. The van der Waals surface area contributed by atoms with Gasteiger partial charge < -0.3 is 0 Å². The van der Waals surface area contributed by atoms with Crippen molar-refractivity contribution in [2.24, 2.45) is 0 Å². The molecule has 1 fully saturated rings. The van der Waals surface area contributed by atoms with E-state index < -0.39 is 18.4 Å². The van der Waals surface area contributed by atoms with Gasteiger partial charge in [0.1, 0.15) is 0 Å². The Labute approximate surface area is 134 Å². The zero-order valence-electron chi connectivity index (χ0n) is 13.4. The van der Waals surface area contributed by atoms with E-state index in [1.165, 1.54) is 21.0 Å². The summed E-state index contributed by atoms with van der Waals surface area (Å²) in [5, 5.41) is 11.0. The fourth-order valence-electron chi connectivity index (χ4n) is 3.22. The number of aromatic nitrogens is 4. The van der Waals surface area contributed by atoms with Crippen molar-refractivity contribution >= 4 is 38.6 Å². The first-order valence-electron chi connectivity index (χ1n) is 8.03. The Hall–Kier alpha value is -1.08. The van der Waals surface area contributed by atoms with Gasteiger partial charge in [0.15, 0.2) is 0 Å². The van der Waals surface area contributed by atoms with Gasteiger partial charge in [-0.3, -0.25) is 0 Å². The standard InChI is InChI=1S/C13H13N4O.3CH3.Sn/c1-3-7-16-11(5-1)10-9-14-17(13(10)15-16)12-6-2-4-8-18-12;;;;/h1,3,5,7,12H,2,4,6,8H2;3*1H3;. The molecular formula is C16H22N4OSn. The molecule has 0 spiro atoms. The van der Waals surface area contributed by atoms with Crippen LogP contribution in [-0.2, 0) is 4.74 Å². The van der Waals surface area contributed by atoms with Crippen molar-refractivity contribution in [3.63, 3.8) is 0 Å². The number of pyridine rings is 1. The van der Waals surface area contributed by atoms with Gasteiger partial charge in [-0.1, -0.05) is 0 Å². The normalized spacial score (nSPS) is 20.0. The second kappa shape index (κ2) is 5.23. The molecule has 4 rings (SSSR count). The van der Waals surface area contributed by atoms with Gasteiger partial charge in [-0.05, 0) is 0 Å². The molecule has 116 valence electrons. The molecule has 0 bridgehead atoms. The Balaban J connectivity index is 2.01. The third-order valence-electron chi connectivity index (χ3n) is 4.32. The predicted octanol–water partition coefficient (Wildman–Crippen LogP) is 2.93. The first-order chi connectivity index (χ1) is 10.6. The van der Waals surface area contributed by atoms with Gasteiger partial charge in [-0.2, -0.15) is 0 Å². The zero-order valence-corrected chi connectivity index (χ0v) is 16.3. The molecule has 0 aromatic carbocycles. The molecule has 1 aliphatic rings. The summed E-state index contributed by atoms with van der Waals surface area (Å²) in [7, 11) is 0. The first kappa shape index (κ1) is 14.5. The molecule has 3 aromatic heterocycles. The van der Waals surface area contributed by atoms with Gasteiger partial charge in [0.25, 0.3) is 0 Å². The summed E-state index contributed by atoms with van der Waals surface area (Å²) in [5.41, 5.74) is 2.15. The Morgan fingerprint density at radius 3 is 2.77 bits per heavy atom. The second-order valence-electron chi connectivity index (χ2n) is 7.09. The molecule has 5 nitrogen and oxygen atoms in total. The van der Waals surface area contributed by atoms with Crippen LogP contribution in [0.15, 0.2) is 24.4 Å². The molecule has 6 heteroatoms. The molecule has 0 radical (unpaired) electrons. The van der Waals surface area contributed by atoms with Gasteiger partial charge >= 0.3 is 134 Å². The average molecular weight is 405 g/mol. The molecule has 0 aliphatic carbocycles. The van der Waals surface area contributed by atoms with Crippen LogP contribution in [0.1, 0.15) is 25.5 Å². The number of ether oxygens (including phenoxy) is 1. The monoisotopic (exact) mass is 406 g/mol. The summed E-state index contributed by atoms with van der Waals surface area (Å²) in [6.45, 7) is 0.827. The van der Waals surface area contributed by atoms with E-state index in [4.69, 9.17) is 14.9 Å².